The number of nitrogens with one attached hydrogen (secondary N) is 2. The molecule has 0 saturated carbocycles. The highest BCUT2D eigenvalue weighted by atomic mass is 35.5. The summed E-state index contributed by atoms with van der Waals surface area (Å²) >= 11 is 5.97. The van der Waals surface area contributed by atoms with Gasteiger partial charge in [0, 0.05) is 19.6 Å². The Bertz CT molecular complexity index is 662. The molecule has 1 amide bonds. The third-order valence-corrected chi connectivity index (χ3v) is 3.87. The van der Waals surface area contributed by atoms with E-state index in [1.54, 1.807) is 6.92 Å². The van der Waals surface area contributed by atoms with Gasteiger partial charge in [-0.15, -0.1) is 0 Å². The number of hydrogen-bond donors (Lipinski definition) is 2. The molecule has 1 aliphatic heterocycles. The predicted molar refractivity (Wildman–Crippen MR) is 76.6 cm³/mol. The van der Waals surface area contributed by atoms with Crippen molar-refractivity contribution in [3.8, 4) is 0 Å². The average molecular weight is 326 g/mol. The van der Waals surface area contributed by atoms with Crippen molar-refractivity contribution in [2.75, 3.05) is 13.2 Å². The van der Waals surface area contributed by atoms with Crippen molar-refractivity contribution in [2.45, 2.75) is 32.3 Å². The van der Waals surface area contributed by atoms with Gasteiger partial charge in [0.25, 0.3) is 11.8 Å². The second-order valence-corrected chi connectivity index (χ2v) is 5.45. The normalized spacial score (nSPS) is 17.8. The molecule has 3 heterocycles. The standard InChI is InChI=1S/C13H16ClN5O3/c1-7-10(14)11(18-17-7)12(20)15-5-4-9-16-13(22-19-9)8-3-2-6-21-8/h8H,2-6H2,1H3,(H,15,20)(H,17,18)/t8-/m1/s1. The lowest BCUT2D eigenvalue weighted by molar-refractivity contribution is 0.0835. The van der Waals surface area contributed by atoms with Crippen LogP contribution in [0, 0.1) is 6.92 Å². The summed E-state index contributed by atoms with van der Waals surface area (Å²) in [6, 6.07) is 0. The van der Waals surface area contributed by atoms with E-state index in [0.717, 1.165) is 19.4 Å². The van der Waals surface area contributed by atoms with E-state index in [4.69, 9.17) is 20.9 Å². The van der Waals surface area contributed by atoms with Gasteiger partial charge < -0.3 is 14.6 Å². The van der Waals surface area contributed by atoms with Gasteiger partial charge in [0.1, 0.15) is 6.10 Å². The van der Waals surface area contributed by atoms with Crippen molar-refractivity contribution in [1.82, 2.24) is 25.7 Å². The molecule has 0 bridgehead atoms. The van der Waals surface area contributed by atoms with Gasteiger partial charge in [-0.1, -0.05) is 16.8 Å². The van der Waals surface area contributed by atoms with Crippen molar-refractivity contribution in [3.63, 3.8) is 0 Å². The molecule has 2 aromatic rings. The van der Waals surface area contributed by atoms with Gasteiger partial charge in [-0.05, 0) is 19.8 Å². The van der Waals surface area contributed by atoms with Crippen molar-refractivity contribution in [2.24, 2.45) is 0 Å². The fourth-order valence-corrected chi connectivity index (χ4v) is 2.38. The van der Waals surface area contributed by atoms with Crippen LogP contribution in [0.2, 0.25) is 5.02 Å². The predicted octanol–water partition coefficient (Wildman–Crippen LogP) is 1.58. The van der Waals surface area contributed by atoms with Gasteiger partial charge in [-0.3, -0.25) is 9.89 Å². The first-order chi connectivity index (χ1) is 10.6. The minimum atomic E-state index is -0.336. The third kappa shape index (κ3) is 3.12. The molecular formula is C13H16ClN5O3. The SMILES string of the molecule is Cc1[nH]nc(C(=O)NCCc2noc([C@H]3CCCO3)n2)c1Cl. The minimum absolute atomic E-state index is 0.0957. The Kier molecular flexibility index (Phi) is 4.39. The fourth-order valence-electron chi connectivity index (χ4n) is 2.21. The van der Waals surface area contributed by atoms with Crippen molar-refractivity contribution in [1.29, 1.82) is 0 Å². The minimum Gasteiger partial charge on any atom is -0.368 e. The van der Waals surface area contributed by atoms with Gasteiger partial charge in [0.2, 0.25) is 0 Å². The van der Waals surface area contributed by atoms with Crippen LogP contribution in [-0.2, 0) is 11.2 Å². The molecule has 9 heteroatoms. The number of carbonyl (C=O) groups is 1. The number of aryl methyl sites for hydroxylation is 1. The number of halogens is 1. The van der Waals surface area contributed by atoms with Gasteiger partial charge in [0.15, 0.2) is 11.5 Å². The zero-order valence-electron chi connectivity index (χ0n) is 12.1. The summed E-state index contributed by atoms with van der Waals surface area (Å²) in [4.78, 5) is 16.2. The molecule has 1 saturated heterocycles. The maximum atomic E-state index is 11.9. The van der Waals surface area contributed by atoms with E-state index in [-0.39, 0.29) is 17.7 Å². The molecule has 1 fully saturated rings. The van der Waals surface area contributed by atoms with Crippen LogP contribution in [0.1, 0.15) is 46.8 Å². The van der Waals surface area contributed by atoms with Crippen molar-refractivity contribution < 1.29 is 14.1 Å². The molecule has 0 aromatic carbocycles. The van der Waals surface area contributed by atoms with E-state index >= 15 is 0 Å². The van der Waals surface area contributed by atoms with Crippen LogP contribution in [0.25, 0.3) is 0 Å². The summed E-state index contributed by atoms with van der Waals surface area (Å²) in [6.07, 6.45) is 2.27. The fraction of sp³-hybridized carbons (Fsp3) is 0.538. The smallest absolute Gasteiger partial charge is 0.273 e. The molecular weight excluding hydrogens is 310 g/mol. The molecule has 0 radical (unpaired) electrons. The van der Waals surface area contributed by atoms with E-state index in [2.05, 4.69) is 25.7 Å². The summed E-state index contributed by atoms with van der Waals surface area (Å²) in [5, 5.41) is 13.5. The highest BCUT2D eigenvalue weighted by Gasteiger charge is 2.23. The maximum Gasteiger partial charge on any atom is 0.273 e. The first-order valence-corrected chi connectivity index (χ1v) is 7.45. The summed E-state index contributed by atoms with van der Waals surface area (Å²) in [7, 11) is 0. The van der Waals surface area contributed by atoms with Crippen LogP contribution in [0.3, 0.4) is 0 Å². The van der Waals surface area contributed by atoms with Crippen molar-refractivity contribution in [3.05, 3.63) is 28.1 Å². The Labute approximate surface area is 131 Å². The van der Waals surface area contributed by atoms with Crippen LogP contribution >= 0.6 is 11.6 Å². The molecule has 0 aliphatic carbocycles. The van der Waals surface area contributed by atoms with E-state index in [0.29, 0.717) is 35.4 Å². The Morgan fingerprint density at radius 1 is 1.55 bits per heavy atom. The number of aromatic amines is 1. The number of hydrogen-bond acceptors (Lipinski definition) is 6. The maximum absolute atomic E-state index is 11.9. The highest BCUT2D eigenvalue weighted by Crippen LogP contribution is 2.26. The number of amides is 1. The molecule has 0 unspecified atom stereocenters. The Hall–Kier alpha value is -1.93. The highest BCUT2D eigenvalue weighted by molar-refractivity contribution is 6.34. The number of H-pyrrole nitrogens is 1. The van der Waals surface area contributed by atoms with Gasteiger partial charge in [-0.2, -0.15) is 10.1 Å². The molecule has 3 rings (SSSR count). The number of ether oxygens (including phenoxy) is 1. The van der Waals surface area contributed by atoms with Crippen LogP contribution in [0.15, 0.2) is 4.52 Å². The quantitative estimate of drug-likeness (QED) is 0.864. The number of rotatable bonds is 5. The summed E-state index contributed by atoms with van der Waals surface area (Å²) in [5.41, 5.74) is 0.846. The Morgan fingerprint density at radius 3 is 3.09 bits per heavy atom. The van der Waals surface area contributed by atoms with Gasteiger partial charge in [-0.25, -0.2) is 0 Å². The largest absolute Gasteiger partial charge is 0.368 e. The summed E-state index contributed by atoms with van der Waals surface area (Å²) in [5.74, 6) is 0.706. The molecule has 2 aromatic heterocycles. The zero-order valence-corrected chi connectivity index (χ0v) is 12.8. The van der Waals surface area contributed by atoms with E-state index in [9.17, 15) is 4.79 Å². The molecule has 0 spiro atoms. The van der Waals surface area contributed by atoms with E-state index in [1.807, 2.05) is 0 Å². The number of carbonyl (C=O) groups excluding carboxylic acids is 1. The Balaban J connectivity index is 1.50. The van der Waals surface area contributed by atoms with Crippen LogP contribution < -0.4 is 5.32 Å². The van der Waals surface area contributed by atoms with E-state index in [1.165, 1.54) is 0 Å². The van der Waals surface area contributed by atoms with Crippen LogP contribution in [0.4, 0.5) is 0 Å². The summed E-state index contributed by atoms with van der Waals surface area (Å²) in [6.45, 7) is 2.84. The second-order valence-electron chi connectivity index (χ2n) is 5.07. The zero-order chi connectivity index (χ0) is 15.5. The second kappa shape index (κ2) is 6.45. The molecule has 1 aliphatic rings. The summed E-state index contributed by atoms with van der Waals surface area (Å²) < 4.78 is 10.7. The lowest BCUT2D eigenvalue weighted by Crippen LogP contribution is -2.26. The first kappa shape index (κ1) is 15.0. The average Bonchev–Trinajstić information content (AvgIpc) is 3.22. The molecule has 1 atom stereocenters. The first-order valence-electron chi connectivity index (χ1n) is 7.08. The third-order valence-electron chi connectivity index (χ3n) is 3.41. The van der Waals surface area contributed by atoms with E-state index < -0.39 is 0 Å². The lowest BCUT2D eigenvalue weighted by atomic mass is 10.2. The number of nitrogens with zero attached hydrogens (tertiary/aromatic N) is 3. The van der Waals surface area contributed by atoms with Crippen molar-refractivity contribution >= 4 is 17.5 Å². The number of aromatic nitrogens is 4. The molecule has 118 valence electrons. The van der Waals surface area contributed by atoms with Crippen LogP contribution in [-0.4, -0.2) is 39.4 Å². The van der Waals surface area contributed by atoms with Gasteiger partial charge >= 0.3 is 0 Å². The molecule has 22 heavy (non-hydrogen) atoms. The topological polar surface area (TPSA) is 106 Å². The Morgan fingerprint density at radius 2 is 2.41 bits per heavy atom. The van der Waals surface area contributed by atoms with Crippen LogP contribution in [0.5, 0.6) is 0 Å². The van der Waals surface area contributed by atoms with Gasteiger partial charge in [0.05, 0.1) is 10.7 Å². The molecule has 2 N–H and O–H groups in total. The monoisotopic (exact) mass is 325 g/mol. The lowest BCUT2D eigenvalue weighted by Gasteiger charge is -2.01. The molecule has 8 nitrogen and oxygen atoms in total.